The van der Waals surface area contributed by atoms with E-state index in [-0.39, 0.29) is 6.61 Å². The van der Waals surface area contributed by atoms with Crippen molar-refractivity contribution in [2.75, 3.05) is 26.8 Å². The summed E-state index contributed by atoms with van der Waals surface area (Å²) >= 11 is 3.49. The number of rotatable bonds is 7. The van der Waals surface area contributed by atoms with Crippen molar-refractivity contribution in [3.8, 4) is 0 Å². The zero-order valence-electron chi connectivity index (χ0n) is 11.9. The fourth-order valence-corrected chi connectivity index (χ4v) is 2.48. The van der Waals surface area contributed by atoms with Crippen molar-refractivity contribution < 1.29 is 9.84 Å². The molecule has 0 unspecified atom stereocenters. The first-order valence-corrected chi connectivity index (χ1v) is 7.51. The Balaban J connectivity index is 3.01. The van der Waals surface area contributed by atoms with Crippen LogP contribution >= 0.6 is 15.9 Å². The standard InChI is InChI=1S/C14H23BrN2O2/c1-4-11-9-13(19-3)12(15)10-16-14(11)17(5-2)7-6-8-18/h10,18H,4-9H2,1-3H3. The van der Waals surface area contributed by atoms with Gasteiger partial charge in [-0.1, -0.05) is 6.92 Å². The molecule has 108 valence electrons. The van der Waals surface area contributed by atoms with Gasteiger partial charge in [-0.15, -0.1) is 0 Å². The Morgan fingerprint density at radius 1 is 1.47 bits per heavy atom. The van der Waals surface area contributed by atoms with Gasteiger partial charge in [0.15, 0.2) is 0 Å². The highest BCUT2D eigenvalue weighted by atomic mass is 79.9. The highest BCUT2D eigenvalue weighted by molar-refractivity contribution is 9.12. The fourth-order valence-electron chi connectivity index (χ4n) is 2.07. The summed E-state index contributed by atoms with van der Waals surface area (Å²) in [5, 5.41) is 8.99. The second kappa shape index (κ2) is 8.38. The van der Waals surface area contributed by atoms with E-state index in [4.69, 9.17) is 9.84 Å². The molecule has 0 bridgehead atoms. The van der Waals surface area contributed by atoms with E-state index in [1.54, 1.807) is 13.3 Å². The minimum absolute atomic E-state index is 0.209. The van der Waals surface area contributed by atoms with Crippen molar-refractivity contribution >= 4 is 22.1 Å². The smallest absolute Gasteiger partial charge is 0.128 e. The van der Waals surface area contributed by atoms with Crippen molar-refractivity contribution in [1.29, 1.82) is 0 Å². The lowest BCUT2D eigenvalue weighted by Gasteiger charge is -2.25. The van der Waals surface area contributed by atoms with Crippen LogP contribution in [-0.4, -0.2) is 43.0 Å². The summed E-state index contributed by atoms with van der Waals surface area (Å²) in [4.78, 5) is 6.81. The third kappa shape index (κ3) is 4.35. The molecule has 1 aliphatic heterocycles. The number of ether oxygens (including phenoxy) is 1. The first-order valence-electron chi connectivity index (χ1n) is 6.72. The summed E-state index contributed by atoms with van der Waals surface area (Å²) < 4.78 is 6.30. The van der Waals surface area contributed by atoms with Gasteiger partial charge in [0.05, 0.1) is 11.6 Å². The molecule has 0 aromatic heterocycles. The predicted molar refractivity (Wildman–Crippen MR) is 82.3 cm³/mol. The zero-order chi connectivity index (χ0) is 14.3. The number of allylic oxidation sites excluding steroid dienone is 2. The molecule has 1 heterocycles. The molecule has 0 radical (unpaired) electrons. The minimum Gasteiger partial charge on any atom is -0.500 e. The molecule has 0 spiro atoms. The molecule has 0 aliphatic carbocycles. The maximum atomic E-state index is 8.99. The van der Waals surface area contributed by atoms with Gasteiger partial charge < -0.3 is 14.7 Å². The average molecular weight is 331 g/mol. The van der Waals surface area contributed by atoms with E-state index < -0.39 is 0 Å². The average Bonchev–Trinajstić information content (AvgIpc) is 2.59. The van der Waals surface area contributed by atoms with Crippen molar-refractivity contribution in [3.63, 3.8) is 0 Å². The summed E-state index contributed by atoms with van der Waals surface area (Å²) in [6, 6.07) is 0. The van der Waals surface area contributed by atoms with Crippen LogP contribution < -0.4 is 0 Å². The van der Waals surface area contributed by atoms with Crippen LogP contribution in [0.15, 0.2) is 26.6 Å². The van der Waals surface area contributed by atoms with Crippen LogP contribution in [0.3, 0.4) is 0 Å². The second-order valence-electron chi connectivity index (χ2n) is 4.35. The number of methoxy groups -OCH3 is 1. The van der Waals surface area contributed by atoms with Gasteiger partial charge in [-0.2, -0.15) is 0 Å². The van der Waals surface area contributed by atoms with Gasteiger partial charge in [0.1, 0.15) is 11.6 Å². The summed E-state index contributed by atoms with van der Waals surface area (Å²) in [6.07, 6.45) is 4.28. The molecule has 0 fully saturated rings. The summed E-state index contributed by atoms with van der Waals surface area (Å²) in [6.45, 7) is 6.16. The molecule has 0 saturated heterocycles. The molecule has 0 aromatic carbocycles. The second-order valence-corrected chi connectivity index (χ2v) is 5.20. The Bertz CT molecular complexity index is 389. The van der Waals surface area contributed by atoms with Gasteiger partial charge in [0, 0.05) is 32.3 Å². The SMILES string of the molecule is CCC1=C(N(CC)CCCO)N=CC(Br)=C(OC)C1. The quantitative estimate of drug-likeness (QED) is 0.780. The molecule has 0 atom stereocenters. The number of aliphatic imine (C=N–C) groups is 1. The molecule has 0 amide bonds. The van der Waals surface area contributed by atoms with Crippen LogP contribution in [0.5, 0.6) is 0 Å². The van der Waals surface area contributed by atoms with Gasteiger partial charge in [-0.05, 0) is 41.3 Å². The van der Waals surface area contributed by atoms with Crippen molar-refractivity contribution in [1.82, 2.24) is 4.90 Å². The molecular formula is C14H23BrN2O2. The van der Waals surface area contributed by atoms with Gasteiger partial charge in [-0.25, -0.2) is 4.99 Å². The topological polar surface area (TPSA) is 45.1 Å². The number of halogens is 1. The van der Waals surface area contributed by atoms with Crippen LogP contribution in [0, 0.1) is 0 Å². The third-order valence-electron chi connectivity index (χ3n) is 3.20. The van der Waals surface area contributed by atoms with E-state index >= 15 is 0 Å². The van der Waals surface area contributed by atoms with Crippen molar-refractivity contribution in [2.24, 2.45) is 4.99 Å². The number of aliphatic hydroxyl groups excluding tert-OH is 1. The lowest BCUT2D eigenvalue weighted by Crippen LogP contribution is -2.25. The molecule has 1 aliphatic rings. The Kier molecular flexibility index (Phi) is 7.16. The molecule has 0 saturated carbocycles. The minimum atomic E-state index is 0.209. The van der Waals surface area contributed by atoms with Crippen LogP contribution in [0.1, 0.15) is 33.1 Å². The number of aliphatic hydroxyl groups is 1. The van der Waals surface area contributed by atoms with Crippen LogP contribution in [0.25, 0.3) is 0 Å². The molecular weight excluding hydrogens is 308 g/mol. The van der Waals surface area contributed by atoms with Gasteiger partial charge >= 0.3 is 0 Å². The zero-order valence-corrected chi connectivity index (χ0v) is 13.5. The molecule has 19 heavy (non-hydrogen) atoms. The molecule has 5 heteroatoms. The predicted octanol–water partition coefficient (Wildman–Crippen LogP) is 3.04. The van der Waals surface area contributed by atoms with E-state index in [0.717, 1.165) is 48.4 Å². The number of hydrogen-bond acceptors (Lipinski definition) is 4. The Hall–Kier alpha value is -0.810. The van der Waals surface area contributed by atoms with E-state index in [0.29, 0.717) is 0 Å². The third-order valence-corrected chi connectivity index (χ3v) is 3.84. The van der Waals surface area contributed by atoms with Crippen LogP contribution in [0.4, 0.5) is 0 Å². The highest BCUT2D eigenvalue weighted by Gasteiger charge is 2.17. The van der Waals surface area contributed by atoms with E-state index in [1.165, 1.54) is 5.57 Å². The normalized spacial score (nSPS) is 15.8. The van der Waals surface area contributed by atoms with Gasteiger partial charge in [-0.3, -0.25) is 0 Å². The number of nitrogens with zero attached hydrogens (tertiary/aromatic N) is 2. The van der Waals surface area contributed by atoms with E-state index in [9.17, 15) is 0 Å². The summed E-state index contributed by atoms with van der Waals surface area (Å²) in [5.41, 5.74) is 1.27. The van der Waals surface area contributed by atoms with Crippen molar-refractivity contribution in [3.05, 3.63) is 21.6 Å². The Labute approximate surface area is 124 Å². The molecule has 1 rings (SSSR count). The molecule has 0 aromatic rings. The first-order chi connectivity index (χ1) is 9.17. The lowest BCUT2D eigenvalue weighted by molar-refractivity contribution is 0.252. The van der Waals surface area contributed by atoms with Gasteiger partial charge in [0.25, 0.3) is 0 Å². The fraction of sp³-hybridized carbons (Fsp3) is 0.643. The largest absolute Gasteiger partial charge is 0.500 e. The maximum absolute atomic E-state index is 8.99. The Morgan fingerprint density at radius 3 is 2.74 bits per heavy atom. The monoisotopic (exact) mass is 330 g/mol. The first kappa shape index (κ1) is 16.2. The molecule has 4 nitrogen and oxygen atoms in total. The molecule has 1 N–H and O–H groups in total. The van der Waals surface area contributed by atoms with E-state index in [1.807, 2.05) is 0 Å². The lowest BCUT2D eigenvalue weighted by atomic mass is 10.1. The van der Waals surface area contributed by atoms with Gasteiger partial charge in [0.2, 0.25) is 0 Å². The van der Waals surface area contributed by atoms with Crippen molar-refractivity contribution in [2.45, 2.75) is 33.1 Å². The highest BCUT2D eigenvalue weighted by Crippen LogP contribution is 2.28. The van der Waals surface area contributed by atoms with Crippen LogP contribution in [-0.2, 0) is 4.74 Å². The summed E-state index contributed by atoms with van der Waals surface area (Å²) in [7, 11) is 1.69. The maximum Gasteiger partial charge on any atom is 0.128 e. The van der Waals surface area contributed by atoms with E-state index in [2.05, 4.69) is 39.7 Å². The Morgan fingerprint density at radius 2 is 2.21 bits per heavy atom. The van der Waals surface area contributed by atoms with Crippen LogP contribution in [0.2, 0.25) is 0 Å². The summed E-state index contributed by atoms with van der Waals surface area (Å²) in [5.74, 6) is 1.93. The number of hydrogen-bond donors (Lipinski definition) is 1.